The van der Waals surface area contributed by atoms with Crippen molar-refractivity contribution in [3.05, 3.63) is 72.8 Å². The molecule has 4 rings (SSSR count). The standard InChI is InChI=1S/C18H16N6/c1-13-7-9-15(10-8-13)21-18-17(24-12-19-11-20-24)16(22-23-18)14-5-3-2-4-6-14/h2-12H,1H3,(H2,21,22,23). The lowest BCUT2D eigenvalue weighted by molar-refractivity contribution is 0.883. The quantitative estimate of drug-likeness (QED) is 0.602. The van der Waals surface area contributed by atoms with Crippen LogP contribution in [0.15, 0.2) is 67.3 Å². The van der Waals surface area contributed by atoms with Gasteiger partial charge in [0.1, 0.15) is 18.3 Å². The Labute approximate surface area is 139 Å². The van der Waals surface area contributed by atoms with E-state index >= 15 is 0 Å². The van der Waals surface area contributed by atoms with Gasteiger partial charge in [-0.3, -0.25) is 5.10 Å². The molecule has 0 aliphatic carbocycles. The van der Waals surface area contributed by atoms with Crippen molar-refractivity contribution in [2.24, 2.45) is 0 Å². The molecule has 0 bridgehead atoms. The van der Waals surface area contributed by atoms with E-state index in [1.54, 1.807) is 11.0 Å². The van der Waals surface area contributed by atoms with Crippen LogP contribution in [-0.2, 0) is 0 Å². The van der Waals surface area contributed by atoms with Crippen LogP contribution in [0.25, 0.3) is 16.9 Å². The molecule has 0 atom stereocenters. The van der Waals surface area contributed by atoms with Crippen LogP contribution in [-0.4, -0.2) is 25.0 Å². The first-order valence-corrected chi connectivity index (χ1v) is 7.64. The first kappa shape index (κ1) is 14.2. The molecule has 24 heavy (non-hydrogen) atoms. The lowest BCUT2D eigenvalue weighted by atomic mass is 10.1. The van der Waals surface area contributed by atoms with E-state index in [-0.39, 0.29) is 0 Å². The van der Waals surface area contributed by atoms with Crippen LogP contribution >= 0.6 is 0 Å². The summed E-state index contributed by atoms with van der Waals surface area (Å²) in [5.74, 6) is 0.697. The number of aromatic nitrogens is 5. The fraction of sp³-hybridized carbons (Fsp3) is 0.0556. The van der Waals surface area contributed by atoms with Crippen molar-refractivity contribution in [3.63, 3.8) is 0 Å². The highest BCUT2D eigenvalue weighted by Crippen LogP contribution is 2.31. The maximum Gasteiger partial charge on any atom is 0.178 e. The number of aromatic amines is 1. The Balaban J connectivity index is 1.80. The summed E-state index contributed by atoms with van der Waals surface area (Å²) >= 11 is 0. The van der Waals surface area contributed by atoms with E-state index in [4.69, 9.17) is 0 Å². The molecule has 0 fully saturated rings. The fourth-order valence-electron chi connectivity index (χ4n) is 2.55. The van der Waals surface area contributed by atoms with E-state index in [0.29, 0.717) is 5.82 Å². The van der Waals surface area contributed by atoms with Crippen LogP contribution in [0.3, 0.4) is 0 Å². The molecular weight excluding hydrogens is 300 g/mol. The van der Waals surface area contributed by atoms with Gasteiger partial charge < -0.3 is 5.32 Å². The molecule has 6 heteroatoms. The molecule has 0 unspecified atom stereocenters. The van der Waals surface area contributed by atoms with E-state index in [1.807, 2.05) is 42.5 Å². The molecule has 0 radical (unpaired) electrons. The average Bonchev–Trinajstić information content (AvgIpc) is 3.27. The van der Waals surface area contributed by atoms with Gasteiger partial charge in [-0.1, -0.05) is 48.0 Å². The van der Waals surface area contributed by atoms with Gasteiger partial charge in [-0.25, -0.2) is 9.67 Å². The normalized spacial score (nSPS) is 10.7. The van der Waals surface area contributed by atoms with Gasteiger partial charge in [-0.05, 0) is 19.1 Å². The van der Waals surface area contributed by atoms with Crippen molar-refractivity contribution in [2.45, 2.75) is 6.92 Å². The van der Waals surface area contributed by atoms with Gasteiger partial charge in [0, 0.05) is 11.3 Å². The number of hydrogen-bond acceptors (Lipinski definition) is 4. The summed E-state index contributed by atoms with van der Waals surface area (Å²) in [5.41, 5.74) is 4.93. The summed E-state index contributed by atoms with van der Waals surface area (Å²) in [6, 6.07) is 18.2. The minimum atomic E-state index is 0.697. The van der Waals surface area contributed by atoms with E-state index < -0.39 is 0 Å². The SMILES string of the molecule is Cc1ccc(Nc2n[nH]c(-c3ccccc3)c2-n2cncn2)cc1. The van der Waals surface area contributed by atoms with Crippen molar-refractivity contribution in [2.75, 3.05) is 5.32 Å². The third kappa shape index (κ3) is 2.65. The smallest absolute Gasteiger partial charge is 0.178 e. The molecule has 0 spiro atoms. The van der Waals surface area contributed by atoms with Gasteiger partial charge in [0.25, 0.3) is 0 Å². The number of H-pyrrole nitrogens is 1. The largest absolute Gasteiger partial charge is 0.337 e. The topological polar surface area (TPSA) is 71.4 Å². The van der Waals surface area contributed by atoms with E-state index in [2.05, 4.69) is 44.7 Å². The summed E-state index contributed by atoms with van der Waals surface area (Å²) in [6.45, 7) is 2.06. The molecule has 2 N–H and O–H groups in total. The highest BCUT2D eigenvalue weighted by atomic mass is 15.4. The van der Waals surface area contributed by atoms with Crippen LogP contribution in [0.4, 0.5) is 11.5 Å². The zero-order chi connectivity index (χ0) is 16.4. The molecule has 2 aromatic carbocycles. The van der Waals surface area contributed by atoms with Gasteiger partial charge in [0.2, 0.25) is 0 Å². The van der Waals surface area contributed by atoms with Gasteiger partial charge >= 0.3 is 0 Å². The molecule has 0 aliphatic heterocycles. The van der Waals surface area contributed by atoms with E-state index in [1.165, 1.54) is 11.9 Å². The number of nitrogens with zero attached hydrogens (tertiary/aromatic N) is 4. The zero-order valence-electron chi connectivity index (χ0n) is 13.1. The summed E-state index contributed by atoms with van der Waals surface area (Å²) in [5, 5.41) is 15.2. The maximum absolute atomic E-state index is 4.44. The van der Waals surface area contributed by atoms with Crippen LogP contribution in [0.1, 0.15) is 5.56 Å². The predicted molar refractivity (Wildman–Crippen MR) is 93.4 cm³/mol. The number of aryl methyl sites for hydroxylation is 1. The average molecular weight is 316 g/mol. The summed E-state index contributed by atoms with van der Waals surface area (Å²) < 4.78 is 1.71. The van der Waals surface area contributed by atoms with Crippen molar-refractivity contribution in [1.82, 2.24) is 25.0 Å². The third-order valence-corrected chi connectivity index (χ3v) is 3.77. The molecule has 6 nitrogen and oxygen atoms in total. The Morgan fingerprint density at radius 3 is 2.50 bits per heavy atom. The molecule has 0 saturated heterocycles. The van der Waals surface area contributed by atoms with Crippen LogP contribution in [0.2, 0.25) is 0 Å². The Hall–Kier alpha value is -3.41. The maximum atomic E-state index is 4.44. The van der Waals surface area contributed by atoms with Crippen LogP contribution < -0.4 is 5.32 Å². The number of benzene rings is 2. The highest BCUT2D eigenvalue weighted by molar-refractivity contribution is 5.78. The molecule has 4 aromatic rings. The molecule has 0 aliphatic rings. The Kier molecular flexibility index (Phi) is 3.55. The summed E-state index contributed by atoms with van der Waals surface area (Å²) in [7, 11) is 0. The number of rotatable bonds is 4. The Morgan fingerprint density at radius 1 is 1.00 bits per heavy atom. The molecule has 0 amide bonds. The van der Waals surface area contributed by atoms with Crippen molar-refractivity contribution < 1.29 is 0 Å². The molecule has 2 heterocycles. The molecular formula is C18H16N6. The van der Waals surface area contributed by atoms with Gasteiger partial charge in [0.05, 0.1) is 5.69 Å². The van der Waals surface area contributed by atoms with Gasteiger partial charge in [-0.15, -0.1) is 0 Å². The van der Waals surface area contributed by atoms with Gasteiger partial charge in [0.15, 0.2) is 5.82 Å². The minimum absolute atomic E-state index is 0.697. The first-order valence-electron chi connectivity index (χ1n) is 7.64. The van der Waals surface area contributed by atoms with Crippen LogP contribution in [0.5, 0.6) is 0 Å². The van der Waals surface area contributed by atoms with Crippen molar-refractivity contribution in [3.8, 4) is 16.9 Å². The van der Waals surface area contributed by atoms with Crippen molar-refractivity contribution >= 4 is 11.5 Å². The molecule has 118 valence electrons. The second kappa shape index (κ2) is 6.00. The molecule has 2 aromatic heterocycles. The van der Waals surface area contributed by atoms with E-state index in [0.717, 1.165) is 22.6 Å². The number of hydrogen-bond donors (Lipinski definition) is 2. The third-order valence-electron chi connectivity index (χ3n) is 3.77. The Bertz CT molecular complexity index is 924. The number of nitrogens with one attached hydrogen (secondary N) is 2. The molecule has 0 saturated carbocycles. The first-order chi connectivity index (χ1) is 11.8. The Morgan fingerprint density at radius 2 is 1.79 bits per heavy atom. The number of anilines is 2. The highest BCUT2D eigenvalue weighted by Gasteiger charge is 2.17. The van der Waals surface area contributed by atoms with Crippen molar-refractivity contribution in [1.29, 1.82) is 0 Å². The summed E-state index contributed by atoms with van der Waals surface area (Å²) in [6.07, 6.45) is 3.18. The monoisotopic (exact) mass is 316 g/mol. The van der Waals surface area contributed by atoms with Crippen LogP contribution in [0, 0.1) is 6.92 Å². The second-order valence-corrected chi connectivity index (χ2v) is 5.49. The van der Waals surface area contributed by atoms with E-state index in [9.17, 15) is 0 Å². The predicted octanol–water partition coefficient (Wildman–Crippen LogP) is 3.71. The lowest BCUT2D eigenvalue weighted by Gasteiger charge is -2.08. The summed E-state index contributed by atoms with van der Waals surface area (Å²) in [4.78, 5) is 4.06. The minimum Gasteiger partial charge on any atom is -0.337 e. The van der Waals surface area contributed by atoms with Gasteiger partial charge in [-0.2, -0.15) is 10.2 Å². The lowest BCUT2D eigenvalue weighted by Crippen LogP contribution is -2.00. The zero-order valence-corrected chi connectivity index (χ0v) is 13.1. The second-order valence-electron chi connectivity index (χ2n) is 5.49. The fourth-order valence-corrected chi connectivity index (χ4v) is 2.55.